The van der Waals surface area contributed by atoms with Gasteiger partial charge in [-0.25, -0.2) is 0 Å². The van der Waals surface area contributed by atoms with Gasteiger partial charge in [0.25, 0.3) is 0 Å². The van der Waals surface area contributed by atoms with Gasteiger partial charge in [-0.2, -0.15) is 0 Å². The molecule has 1 aromatic rings. The predicted octanol–water partition coefficient (Wildman–Crippen LogP) is 3.06. The van der Waals surface area contributed by atoms with Gasteiger partial charge in [-0.3, -0.25) is 0 Å². The second kappa shape index (κ2) is 8.62. The molecule has 0 saturated carbocycles. The number of alkyl halides is 1. The summed E-state index contributed by atoms with van der Waals surface area (Å²) in [5.41, 5.74) is 8.29. The van der Waals surface area contributed by atoms with Crippen molar-refractivity contribution in [1.29, 1.82) is 0 Å². The van der Waals surface area contributed by atoms with E-state index < -0.39 is 0 Å². The third-order valence-electron chi connectivity index (χ3n) is 2.60. The molecule has 2 N–H and O–H groups in total. The summed E-state index contributed by atoms with van der Waals surface area (Å²) in [6.07, 6.45) is 0.932. The molecule has 2 nitrogen and oxygen atoms in total. The van der Waals surface area contributed by atoms with E-state index in [1.165, 1.54) is 11.3 Å². The maximum absolute atomic E-state index is 5.77. The van der Waals surface area contributed by atoms with Crippen LogP contribution in [-0.2, 0) is 6.42 Å². The van der Waals surface area contributed by atoms with Crippen molar-refractivity contribution in [2.45, 2.75) is 26.3 Å². The van der Waals surface area contributed by atoms with Crippen LogP contribution in [0.1, 0.15) is 19.4 Å². The molecule has 0 aliphatic carbocycles. The normalized spacial score (nSPS) is 11.8. The van der Waals surface area contributed by atoms with E-state index in [1.807, 2.05) is 6.92 Å². The molecule has 0 saturated heterocycles. The van der Waals surface area contributed by atoms with Crippen molar-refractivity contribution in [1.82, 2.24) is 0 Å². The molecule has 0 aliphatic rings. The molecule has 1 unspecified atom stereocenters. The summed E-state index contributed by atoms with van der Waals surface area (Å²) < 4.78 is 0. The number of rotatable bonds is 6. The monoisotopic (exact) mass is 276 g/mol. The molecule has 0 heterocycles. The molecule has 1 rings (SSSR count). The summed E-state index contributed by atoms with van der Waals surface area (Å²) in [5, 5.41) is 0. The maximum Gasteiger partial charge on any atom is 0.0399 e. The first-order valence-corrected chi connectivity index (χ1v) is 6.36. The molecule has 0 fully saturated rings. The fraction of sp³-hybridized carbons (Fsp3) is 0.538. The smallest absolute Gasteiger partial charge is 0.0399 e. The highest BCUT2D eigenvalue weighted by molar-refractivity contribution is 6.18. The van der Waals surface area contributed by atoms with Gasteiger partial charge < -0.3 is 10.6 Å². The van der Waals surface area contributed by atoms with Gasteiger partial charge in [-0.05, 0) is 38.0 Å². The van der Waals surface area contributed by atoms with Gasteiger partial charge >= 0.3 is 0 Å². The Kier molecular flexibility index (Phi) is 8.40. The lowest BCUT2D eigenvalue weighted by Crippen LogP contribution is -2.24. The topological polar surface area (TPSA) is 29.3 Å². The van der Waals surface area contributed by atoms with Crippen molar-refractivity contribution in [3.63, 3.8) is 0 Å². The lowest BCUT2D eigenvalue weighted by atomic mass is 10.1. The Hall–Kier alpha value is -0.440. The third-order valence-corrected chi connectivity index (χ3v) is 2.76. The molecule has 1 atom stereocenters. The highest BCUT2D eigenvalue weighted by Crippen LogP contribution is 2.15. The summed E-state index contributed by atoms with van der Waals surface area (Å²) >= 11 is 5.77. The van der Waals surface area contributed by atoms with Gasteiger partial charge in [-0.15, -0.1) is 24.0 Å². The molecular formula is C13H22Cl2N2. The van der Waals surface area contributed by atoms with E-state index in [4.69, 9.17) is 17.3 Å². The summed E-state index contributed by atoms with van der Waals surface area (Å²) in [6, 6.07) is 8.81. The maximum atomic E-state index is 5.77. The Bertz CT molecular complexity index is 299. The molecule has 1 aromatic carbocycles. The van der Waals surface area contributed by atoms with Crippen LogP contribution < -0.4 is 10.6 Å². The number of benzene rings is 1. The first-order chi connectivity index (χ1) is 7.67. The first-order valence-electron chi connectivity index (χ1n) is 5.82. The van der Waals surface area contributed by atoms with Gasteiger partial charge in [0, 0.05) is 30.7 Å². The van der Waals surface area contributed by atoms with Crippen molar-refractivity contribution in [2.24, 2.45) is 5.73 Å². The molecule has 0 aromatic heterocycles. The zero-order chi connectivity index (χ0) is 12.0. The summed E-state index contributed by atoms with van der Waals surface area (Å²) in [5.74, 6) is 0.662. The van der Waals surface area contributed by atoms with Crippen molar-refractivity contribution in [2.75, 3.05) is 23.9 Å². The molecule has 0 bridgehead atoms. The van der Waals surface area contributed by atoms with Gasteiger partial charge in [0.05, 0.1) is 0 Å². The second-order valence-corrected chi connectivity index (χ2v) is 4.49. The van der Waals surface area contributed by atoms with E-state index in [1.54, 1.807) is 0 Å². The largest absolute Gasteiger partial charge is 0.371 e. The number of nitrogens with two attached hydrogens (primary N) is 1. The van der Waals surface area contributed by atoms with Gasteiger partial charge in [0.1, 0.15) is 0 Å². The summed E-state index contributed by atoms with van der Waals surface area (Å²) in [4.78, 5) is 2.27. The lowest BCUT2D eigenvalue weighted by molar-refractivity contribution is 0.738. The Morgan fingerprint density at radius 2 is 1.88 bits per heavy atom. The molecule has 98 valence electrons. The van der Waals surface area contributed by atoms with Crippen LogP contribution in [0.15, 0.2) is 24.3 Å². The van der Waals surface area contributed by atoms with Crippen LogP contribution in [0.25, 0.3) is 0 Å². The Morgan fingerprint density at radius 3 is 2.29 bits per heavy atom. The van der Waals surface area contributed by atoms with E-state index in [9.17, 15) is 0 Å². The second-order valence-electron chi connectivity index (χ2n) is 4.12. The standard InChI is InChI=1S/C13H21ClN2.ClH/c1-3-16(9-8-14)13-6-4-12(5-7-13)10-11(2)15;/h4-7,11H,3,8-10,15H2,1-2H3;1H. The van der Waals surface area contributed by atoms with Gasteiger partial charge in [0.2, 0.25) is 0 Å². The zero-order valence-electron chi connectivity index (χ0n) is 10.5. The van der Waals surface area contributed by atoms with Crippen LogP contribution in [-0.4, -0.2) is 25.0 Å². The molecular weight excluding hydrogens is 255 g/mol. The quantitative estimate of drug-likeness (QED) is 0.810. The van der Waals surface area contributed by atoms with Crippen molar-refractivity contribution in [3.05, 3.63) is 29.8 Å². The lowest BCUT2D eigenvalue weighted by Gasteiger charge is -2.22. The van der Waals surface area contributed by atoms with Crippen LogP contribution in [0.2, 0.25) is 0 Å². The fourth-order valence-corrected chi connectivity index (χ4v) is 1.99. The highest BCUT2D eigenvalue weighted by atomic mass is 35.5. The Balaban J connectivity index is 0.00000256. The number of hydrogen-bond acceptors (Lipinski definition) is 2. The van der Waals surface area contributed by atoms with Crippen molar-refractivity contribution >= 4 is 29.7 Å². The SMILES string of the molecule is CCN(CCCl)c1ccc(CC(C)N)cc1.Cl. The molecule has 0 spiro atoms. The molecule has 0 aliphatic heterocycles. The minimum Gasteiger partial charge on any atom is -0.371 e. The minimum atomic E-state index is 0. The fourth-order valence-electron chi connectivity index (χ4n) is 1.79. The van der Waals surface area contributed by atoms with E-state index in [-0.39, 0.29) is 18.4 Å². The average molecular weight is 277 g/mol. The molecule has 0 amide bonds. The third kappa shape index (κ3) is 5.62. The van der Waals surface area contributed by atoms with E-state index in [0.29, 0.717) is 5.88 Å². The van der Waals surface area contributed by atoms with Crippen LogP contribution >= 0.6 is 24.0 Å². The minimum absolute atomic E-state index is 0. The number of nitrogens with zero attached hydrogens (tertiary/aromatic N) is 1. The number of anilines is 1. The molecule has 4 heteroatoms. The van der Waals surface area contributed by atoms with Crippen LogP contribution in [0, 0.1) is 0 Å². The van der Waals surface area contributed by atoms with E-state index >= 15 is 0 Å². The van der Waals surface area contributed by atoms with Crippen molar-refractivity contribution < 1.29 is 0 Å². The first kappa shape index (κ1) is 16.6. The highest BCUT2D eigenvalue weighted by Gasteiger charge is 2.03. The predicted molar refractivity (Wildman–Crippen MR) is 79.7 cm³/mol. The zero-order valence-corrected chi connectivity index (χ0v) is 12.1. The molecule has 17 heavy (non-hydrogen) atoms. The Labute approximate surface area is 116 Å². The van der Waals surface area contributed by atoms with Gasteiger partial charge in [-0.1, -0.05) is 12.1 Å². The van der Waals surface area contributed by atoms with Crippen molar-refractivity contribution in [3.8, 4) is 0 Å². The summed E-state index contributed by atoms with van der Waals surface area (Å²) in [7, 11) is 0. The van der Waals surface area contributed by atoms with Gasteiger partial charge in [0.15, 0.2) is 0 Å². The number of halogens is 2. The molecule has 0 radical (unpaired) electrons. The average Bonchev–Trinajstić information content (AvgIpc) is 2.26. The van der Waals surface area contributed by atoms with Crippen LogP contribution in [0.3, 0.4) is 0 Å². The number of hydrogen-bond donors (Lipinski definition) is 1. The van der Waals surface area contributed by atoms with E-state index in [2.05, 4.69) is 36.1 Å². The Morgan fingerprint density at radius 1 is 1.29 bits per heavy atom. The summed E-state index contributed by atoms with van der Waals surface area (Å²) in [6.45, 7) is 6.05. The van der Waals surface area contributed by atoms with Crippen LogP contribution in [0.5, 0.6) is 0 Å². The van der Waals surface area contributed by atoms with Crippen LogP contribution in [0.4, 0.5) is 5.69 Å². The van der Waals surface area contributed by atoms with E-state index in [0.717, 1.165) is 19.5 Å².